The van der Waals surface area contributed by atoms with Crippen LogP contribution in [-0.2, 0) is 16.6 Å². The lowest BCUT2D eigenvalue weighted by atomic mass is 9.86. The molecule has 1 atom stereocenters. The number of rotatable bonds is 5. The minimum Gasteiger partial charge on any atom is -0.465 e. The molecule has 0 aliphatic carbocycles. The van der Waals surface area contributed by atoms with E-state index in [4.69, 9.17) is 4.74 Å². The Morgan fingerprint density at radius 2 is 2.11 bits per heavy atom. The molecule has 1 N–H and O–H groups in total. The number of methoxy groups -OCH3 is 1. The minimum absolute atomic E-state index is 0.140. The maximum atomic E-state index is 12.7. The van der Waals surface area contributed by atoms with Crippen molar-refractivity contribution < 1.29 is 14.3 Å². The third-order valence-corrected chi connectivity index (χ3v) is 5.39. The first-order valence-electron chi connectivity index (χ1n) is 8.29. The van der Waals surface area contributed by atoms with E-state index in [0.29, 0.717) is 27.9 Å². The molecule has 0 saturated carbocycles. The van der Waals surface area contributed by atoms with Crippen molar-refractivity contribution in [2.75, 3.05) is 18.2 Å². The molecule has 27 heavy (non-hydrogen) atoms. The van der Waals surface area contributed by atoms with Crippen LogP contribution in [0.25, 0.3) is 0 Å². The van der Waals surface area contributed by atoms with Gasteiger partial charge in [0.25, 0.3) is 5.56 Å². The quantitative estimate of drug-likeness (QED) is 0.368. The Hall–Kier alpha value is -2.87. The standard InChI is InChI=1S/C19H19N3O4S/c1-4-9-27-19-21-17(24)15-13(10-14(23)20-16(15)22(19)2)11-5-7-12(8-6-11)18(25)26-3/h4-8,13H,1,9-10H2,2-3H3,(H,20,23). The lowest BCUT2D eigenvalue weighted by molar-refractivity contribution is -0.116. The van der Waals surface area contributed by atoms with Gasteiger partial charge in [-0.3, -0.25) is 9.59 Å². The Balaban J connectivity index is 2.07. The predicted molar refractivity (Wildman–Crippen MR) is 103 cm³/mol. The summed E-state index contributed by atoms with van der Waals surface area (Å²) < 4.78 is 6.42. The van der Waals surface area contributed by atoms with E-state index in [1.807, 2.05) is 0 Å². The second kappa shape index (κ2) is 7.79. The van der Waals surface area contributed by atoms with Crippen LogP contribution in [0, 0.1) is 0 Å². The van der Waals surface area contributed by atoms with Crippen LogP contribution in [0.1, 0.15) is 33.8 Å². The summed E-state index contributed by atoms with van der Waals surface area (Å²) in [4.78, 5) is 40.8. The molecule has 1 amide bonds. The van der Waals surface area contributed by atoms with Crippen LogP contribution in [0.3, 0.4) is 0 Å². The summed E-state index contributed by atoms with van der Waals surface area (Å²) in [6, 6.07) is 6.72. The van der Waals surface area contributed by atoms with E-state index in [0.717, 1.165) is 5.56 Å². The molecule has 0 fully saturated rings. The highest BCUT2D eigenvalue weighted by Gasteiger charge is 2.32. The Labute approximate surface area is 160 Å². The fraction of sp³-hybridized carbons (Fsp3) is 0.263. The number of amides is 1. The summed E-state index contributed by atoms with van der Waals surface area (Å²) in [6.07, 6.45) is 1.86. The number of nitrogens with one attached hydrogen (secondary N) is 1. The number of ether oxygens (including phenoxy) is 1. The number of carbonyl (C=O) groups excluding carboxylic acids is 2. The molecular weight excluding hydrogens is 366 g/mol. The maximum absolute atomic E-state index is 12.7. The largest absolute Gasteiger partial charge is 0.465 e. The summed E-state index contributed by atoms with van der Waals surface area (Å²) in [5, 5.41) is 3.31. The number of thioether (sulfide) groups is 1. The highest BCUT2D eigenvalue weighted by Crippen LogP contribution is 2.35. The number of hydrogen-bond acceptors (Lipinski definition) is 6. The molecular formula is C19H19N3O4S. The molecule has 1 aliphatic rings. The first-order chi connectivity index (χ1) is 13.0. The van der Waals surface area contributed by atoms with Crippen molar-refractivity contribution >= 4 is 29.5 Å². The third kappa shape index (κ3) is 3.66. The lowest BCUT2D eigenvalue weighted by Gasteiger charge is -2.27. The number of hydrogen-bond donors (Lipinski definition) is 1. The van der Waals surface area contributed by atoms with Crippen LogP contribution in [0.4, 0.5) is 5.82 Å². The van der Waals surface area contributed by atoms with Gasteiger partial charge in [0.05, 0.1) is 18.2 Å². The van der Waals surface area contributed by atoms with Crippen molar-refractivity contribution in [2.24, 2.45) is 7.05 Å². The minimum atomic E-state index is -0.440. The van der Waals surface area contributed by atoms with E-state index < -0.39 is 11.9 Å². The van der Waals surface area contributed by atoms with Crippen molar-refractivity contribution in [3.63, 3.8) is 0 Å². The molecule has 1 aromatic heterocycles. The average Bonchev–Trinajstić information content (AvgIpc) is 2.68. The van der Waals surface area contributed by atoms with Crippen LogP contribution >= 0.6 is 11.8 Å². The van der Waals surface area contributed by atoms with Crippen LogP contribution in [0.5, 0.6) is 0 Å². The number of esters is 1. The van der Waals surface area contributed by atoms with E-state index >= 15 is 0 Å². The van der Waals surface area contributed by atoms with E-state index in [-0.39, 0.29) is 17.9 Å². The van der Waals surface area contributed by atoms with Crippen molar-refractivity contribution in [3.05, 3.63) is 64.0 Å². The van der Waals surface area contributed by atoms with Crippen LogP contribution in [0.2, 0.25) is 0 Å². The monoisotopic (exact) mass is 385 g/mol. The topological polar surface area (TPSA) is 90.3 Å². The molecule has 0 bridgehead atoms. The second-order valence-electron chi connectivity index (χ2n) is 6.04. The van der Waals surface area contributed by atoms with E-state index in [2.05, 4.69) is 16.9 Å². The van der Waals surface area contributed by atoms with Crippen LogP contribution < -0.4 is 10.9 Å². The number of benzene rings is 1. The first kappa shape index (κ1) is 18.9. The second-order valence-corrected chi connectivity index (χ2v) is 7.03. The van der Waals surface area contributed by atoms with E-state index in [1.54, 1.807) is 42.0 Å². The molecule has 2 heterocycles. The van der Waals surface area contributed by atoms with Crippen molar-refractivity contribution in [3.8, 4) is 0 Å². The van der Waals surface area contributed by atoms with Crippen molar-refractivity contribution in [2.45, 2.75) is 17.5 Å². The molecule has 1 aromatic carbocycles. The van der Waals surface area contributed by atoms with Crippen molar-refractivity contribution in [1.29, 1.82) is 0 Å². The Kier molecular flexibility index (Phi) is 5.46. The van der Waals surface area contributed by atoms with Gasteiger partial charge in [0, 0.05) is 25.1 Å². The molecule has 7 nitrogen and oxygen atoms in total. The van der Waals surface area contributed by atoms with Gasteiger partial charge in [0.2, 0.25) is 5.91 Å². The molecule has 0 spiro atoms. The molecule has 3 rings (SSSR count). The molecule has 1 aliphatic heterocycles. The summed E-state index contributed by atoms with van der Waals surface area (Å²) >= 11 is 1.37. The molecule has 2 aromatic rings. The first-order valence-corrected chi connectivity index (χ1v) is 9.27. The lowest BCUT2D eigenvalue weighted by Crippen LogP contribution is -2.33. The molecule has 0 saturated heterocycles. The van der Waals surface area contributed by atoms with Gasteiger partial charge in [0.15, 0.2) is 5.16 Å². The maximum Gasteiger partial charge on any atom is 0.337 e. The Bertz CT molecular complexity index is 966. The summed E-state index contributed by atoms with van der Waals surface area (Å²) in [5.41, 5.74) is 1.26. The number of aromatic nitrogens is 2. The molecule has 0 radical (unpaired) electrons. The Morgan fingerprint density at radius 3 is 2.74 bits per heavy atom. The summed E-state index contributed by atoms with van der Waals surface area (Å²) in [6.45, 7) is 3.67. The van der Waals surface area contributed by atoms with Gasteiger partial charge in [-0.05, 0) is 17.7 Å². The molecule has 140 valence electrons. The van der Waals surface area contributed by atoms with Gasteiger partial charge < -0.3 is 14.6 Å². The van der Waals surface area contributed by atoms with Gasteiger partial charge >= 0.3 is 5.97 Å². The zero-order valence-corrected chi connectivity index (χ0v) is 15.8. The van der Waals surface area contributed by atoms with Gasteiger partial charge in [-0.15, -0.1) is 6.58 Å². The van der Waals surface area contributed by atoms with Gasteiger partial charge in [0.1, 0.15) is 5.82 Å². The SMILES string of the molecule is C=CCSc1nc(=O)c2c(n1C)NC(=O)CC2c1ccc(C(=O)OC)cc1. The van der Waals surface area contributed by atoms with Crippen molar-refractivity contribution in [1.82, 2.24) is 9.55 Å². The van der Waals surface area contributed by atoms with E-state index in [1.165, 1.54) is 18.9 Å². The number of anilines is 1. The predicted octanol–water partition coefficient (Wildman–Crippen LogP) is 2.32. The van der Waals surface area contributed by atoms with Gasteiger partial charge in [-0.25, -0.2) is 4.79 Å². The highest BCUT2D eigenvalue weighted by atomic mass is 32.2. The van der Waals surface area contributed by atoms with Gasteiger partial charge in [-0.2, -0.15) is 4.98 Å². The molecule has 1 unspecified atom stereocenters. The smallest absolute Gasteiger partial charge is 0.337 e. The highest BCUT2D eigenvalue weighted by molar-refractivity contribution is 7.99. The Morgan fingerprint density at radius 1 is 1.41 bits per heavy atom. The van der Waals surface area contributed by atoms with Gasteiger partial charge in [-0.1, -0.05) is 30.0 Å². The normalized spacial score (nSPS) is 15.6. The number of fused-ring (bicyclic) bond motifs is 1. The number of carbonyl (C=O) groups is 2. The third-order valence-electron chi connectivity index (χ3n) is 4.37. The fourth-order valence-electron chi connectivity index (χ4n) is 3.05. The zero-order valence-electron chi connectivity index (χ0n) is 15.0. The van der Waals surface area contributed by atoms with Crippen LogP contribution in [0.15, 0.2) is 46.9 Å². The average molecular weight is 385 g/mol. The van der Waals surface area contributed by atoms with Crippen LogP contribution in [-0.4, -0.2) is 34.3 Å². The zero-order chi connectivity index (χ0) is 19.6. The van der Waals surface area contributed by atoms with E-state index in [9.17, 15) is 14.4 Å². The summed E-state index contributed by atoms with van der Waals surface area (Å²) in [7, 11) is 3.08. The molecule has 8 heteroatoms. The number of nitrogens with zero attached hydrogens (tertiary/aromatic N) is 2. The summed E-state index contributed by atoms with van der Waals surface area (Å²) in [5.74, 6) is 0.0194. The fourth-order valence-corrected chi connectivity index (χ4v) is 3.75.